The summed E-state index contributed by atoms with van der Waals surface area (Å²) in [5.41, 5.74) is 3.24. The highest BCUT2D eigenvalue weighted by molar-refractivity contribution is 8.93. The van der Waals surface area contributed by atoms with Gasteiger partial charge in [0.25, 0.3) is 0 Å². The molecule has 25 heavy (non-hydrogen) atoms. The molecule has 0 radical (unpaired) electrons. The normalized spacial score (nSPS) is 10.7. The quantitative estimate of drug-likeness (QED) is 0.481. The van der Waals surface area contributed by atoms with E-state index in [2.05, 4.69) is 63.7 Å². The second kappa shape index (κ2) is 8.53. The summed E-state index contributed by atoms with van der Waals surface area (Å²) in [4.78, 5) is 2.21. The molecule has 0 saturated heterocycles. The lowest BCUT2D eigenvalue weighted by atomic mass is 10.2. The molecule has 0 spiro atoms. The van der Waals surface area contributed by atoms with Crippen molar-refractivity contribution >= 4 is 34.3 Å². The van der Waals surface area contributed by atoms with E-state index in [0.717, 1.165) is 17.9 Å². The molecule has 0 fully saturated rings. The van der Waals surface area contributed by atoms with Gasteiger partial charge < -0.3 is 4.90 Å². The molecule has 130 valence electrons. The Morgan fingerprint density at radius 3 is 2.32 bits per heavy atom. The van der Waals surface area contributed by atoms with Gasteiger partial charge in [-0.25, -0.2) is 4.57 Å². The maximum absolute atomic E-state index is 4.28. The monoisotopic (exact) mass is 401 g/mol. The largest absolute Gasteiger partial charge is 0.403 e. The molecule has 7 heteroatoms. The summed E-state index contributed by atoms with van der Waals surface area (Å²) in [6.45, 7) is 0.868. The molecule has 1 aromatic heterocycles. The van der Waals surface area contributed by atoms with Gasteiger partial charge in [0.05, 0.1) is 19.8 Å². The average Bonchev–Trinajstić information content (AvgIpc) is 2.92. The van der Waals surface area contributed by atoms with Crippen LogP contribution in [0.15, 0.2) is 71.2 Å². The van der Waals surface area contributed by atoms with Crippen LogP contribution in [0.5, 0.6) is 0 Å². The first-order chi connectivity index (χ1) is 11.6. The van der Waals surface area contributed by atoms with Crippen LogP contribution in [0, 0.1) is 0 Å². The predicted octanol–water partition coefficient (Wildman–Crippen LogP) is 3.87. The Bertz CT molecular complexity index is 807. The van der Waals surface area contributed by atoms with Crippen molar-refractivity contribution in [1.29, 1.82) is 0 Å². The number of hydrogen-bond acceptors (Lipinski definition) is 4. The third kappa shape index (κ3) is 4.73. The van der Waals surface area contributed by atoms with Crippen molar-refractivity contribution in [2.24, 2.45) is 24.3 Å². The average molecular weight is 402 g/mol. The lowest BCUT2D eigenvalue weighted by Gasteiger charge is -2.19. The number of azo groups is 1. The Hall–Kier alpha value is -2.54. The SMILES string of the molecule is Br.CN(Cc1ccccc1)c1ccc(N=Nc2n(C)nc[n+]2C)cc1. The van der Waals surface area contributed by atoms with E-state index < -0.39 is 0 Å². The Balaban J connectivity index is 0.00000225. The molecule has 0 aliphatic rings. The van der Waals surface area contributed by atoms with Crippen LogP contribution in [0.25, 0.3) is 0 Å². The molecule has 0 aliphatic heterocycles. The first-order valence-corrected chi connectivity index (χ1v) is 7.78. The van der Waals surface area contributed by atoms with Gasteiger partial charge in [-0.05, 0) is 34.9 Å². The molecule has 0 saturated carbocycles. The minimum absolute atomic E-state index is 0. The van der Waals surface area contributed by atoms with E-state index >= 15 is 0 Å². The van der Waals surface area contributed by atoms with Crippen molar-refractivity contribution < 1.29 is 4.57 Å². The predicted molar refractivity (Wildman–Crippen MR) is 104 cm³/mol. The molecule has 0 N–H and O–H groups in total. The molecular weight excluding hydrogens is 380 g/mol. The summed E-state index contributed by atoms with van der Waals surface area (Å²) in [5.74, 6) is 0.695. The third-order valence-electron chi connectivity index (χ3n) is 3.81. The second-order valence-electron chi connectivity index (χ2n) is 5.72. The molecule has 2 aromatic carbocycles. The van der Waals surface area contributed by atoms with Crippen LogP contribution in [-0.4, -0.2) is 16.8 Å². The number of halogens is 1. The van der Waals surface area contributed by atoms with E-state index in [1.54, 1.807) is 11.0 Å². The summed E-state index contributed by atoms with van der Waals surface area (Å²) < 4.78 is 3.51. The molecule has 1 heterocycles. The number of aryl methyl sites for hydroxylation is 2. The fourth-order valence-electron chi connectivity index (χ4n) is 2.45. The lowest BCUT2D eigenvalue weighted by Crippen LogP contribution is -2.25. The maximum Gasteiger partial charge on any atom is 0.403 e. The second-order valence-corrected chi connectivity index (χ2v) is 5.72. The first-order valence-electron chi connectivity index (χ1n) is 7.78. The third-order valence-corrected chi connectivity index (χ3v) is 3.81. The summed E-state index contributed by atoms with van der Waals surface area (Å²) >= 11 is 0. The summed E-state index contributed by atoms with van der Waals surface area (Å²) in [7, 11) is 5.82. The molecule has 3 rings (SSSR count). The Labute approximate surface area is 158 Å². The molecule has 0 amide bonds. The first kappa shape index (κ1) is 18.8. The molecular formula is C18H22BrN6+. The Kier molecular flexibility index (Phi) is 6.41. The van der Waals surface area contributed by atoms with Crippen molar-refractivity contribution in [3.05, 3.63) is 66.5 Å². The smallest absolute Gasteiger partial charge is 0.370 e. The van der Waals surface area contributed by atoms with Crippen molar-refractivity contribution in [2.75, 3.05) is 11.9 Å². The number of rotatable bonds is 5. The Morgan fingerprint density at radius 2 is 1.72 bits per heavy atom. The van der Waals surface area contributed by atoms with Crippen LogP contribution in [0.1, 0.15) is 5.56 Å². The molecule has 0 bridgehead atoms. The van der Waals surface area contributed by atoms with E-state index in [1.165, 1.54) is 5.56 Å². The van der Waals surface area contributed by atoms with Gasteiger partial charge in [-0.2, -0.15) is 0 Å². The van der Waals surface area contributed by atoms with Crippen LogP contribution in [0.4, 0.5) is 17.3 Å². The van der Waals surface area contributed by atoms with Crippen molar-refractivity contribution in [2.45, 2.75) is 6.54 Å². The van der Waals surface area contributed by atoms with E-state index in [-0.39, 0.29) is 17.0 Å². The number of nitrogens with zero attached hydrogens (tertiary/aromatic N) is 6. The standard InChI is InChI=1S/C18H21N6.BrH/c1-22(13-15-7-5-4-6-8-15)17-11-9-16(10-12-17)20-21-18-23(2)14-19-24(18)3;/h4-12,14H,13H2,1-3H3;1H/q+1;. The van der Waals surface area contributed by atoms with Crippen LogP contribution in [-0.2, 0) is 20.6 Å². The molecule has 6 nitrogen and oxygen atoms in total. The van der Waals surface area contributed by atoms with Crippen LogP contribution in [0.3, 0.4) is 0 Å². The zero-order valence-electron chi connectivity index (χ0n) is 14.6. The van der Waals surface area contributed by atoms with Crippen LogP contribution in [0.2, 0.25) is 0 Å². The van der Waals surface area contributed by atoms with Gasteiger partial charge in [-0.3, -0.25) is 0 Å². The number of aromatic nitrogens is 3. The molecule has 0 atom stereocenters. The minimum Gasteiger partial charge on any atom is -0.370 e. The fourth-order valence-corrected chi connectivity index (χ4v) is 2.45. The lowest BCUT2D eigenvalue weighted by molar-refractivity contribution is -0.659. The highest BCUT2D eigenvalue weighted by atomic mass is 79.9. The molecule has 3 aromatic rings. The van der Waals surface area contributed by atoms with Gasteiger partial charge in [0.1, 0.15) is 0 Å². The number of hydrogen-bond donors (Lipinski definition) is 0. The van der Waals surface area contributed by atoms with E-state index in [1.807, 2.05) is 36.9 Å². The maximum atomic E-state index is 4.28. The van der Waals surface area contributed by atoms with Crippen molar-refractivity contribution in [1.82, 2.24) is 9.78 Å². The zero-order valence-corrected chi connectivity index (χ0v) is 16.3. The van der Waals surface area contributed by atoms with Gasteiger partial charge >= 0.3 is 5.95 Å². The summed E-state index contributed by atoms with van der Waals surface area (Å²) in [6, 6.07) is 18.5. The van der Waals surface area contributed by atoms with Gasteiger partial charge in [-0.1, -0.05) is 35.4 Å². The topological polar surface area (TPSA) is 49.7 Å². The van der Waals surface area contributed by atoms with Gasteiger partial charge in [0.15, 0.2) is 0 Å². The Morgan fingerprint density at radius 1 is 1.04 bits per heavy atom. The van der Waals surface area contributed by atoms with E-state index in [0.29, 0.717) is 5.95 Å². The van der Waals surface area contributed by atoms with Crippen molar-refractivity contribution in [3.8, 4) is 0 Å². The van der Waals surface area contributed by atoms with Gasteiger partial charge in [-0.15, -0.1) is 21.7 Å². The highest BCUT2D eigenvalue weighted by Gasteiger charge is 2.11. The van der Waals surface area contributed by atoms with Crippen LogP contribution < -0.4 is 9.47 Å². The number of benzene rings is 2. The van der Waals surface area contributed by atoms with Crippen molar-refractivity contribution in [3.63, 3.8) is 0 Å². The molecule has 0 aliphatic carbocycles. The van der Waals surface area contributed by atoms with Gasteiger partial charge in [0.2, 0.25) is 6.33 Å². The minimum atomic E-state index is 0. The molecule has 0 unspecified atom stereocenters. The van der Waals surface area contributed by atoms with E-state index in [4.69, 9.17) is 0 Å². The fraction of sp³-hybridized carbons (Fsp3) is 0.222. The zero-order chi connectivity index (χ0) is 16.9. The number of anilines is 1. The summed E-state index contributed by atoms with van der Waals surface area (Å²) in [5, 5.41) is 12.7. The van der Waals surface area contributed by atoms with E-state index in [9.17, 15) is 0 Å². The highest BCUT2D eigenvalue weighted by Crippen LogP contribution is 2.21. The van der Waals surface area contributed by atoms with Gasteiger partial charge in [0, 0.05) is 24.4 Å². The van der Waals surface area contributed by atoms with Crippen LogP contribution >= 0.6 is 17.0 Å². The summed E-state index contributed by atoms with van der Waals surface area (Å²) in [6.07, 6.45) is 1.70.